The highest BCUT2D eigenvalue weighted by atomic mass is 16.5. The second-order valence-electron chi connectivity index (χ2n) is 3.14. The monoisotopic (exact) mass is 228 g/mol. The van der Waals surface area contributed by atoms with Gasteiger partial charge in [0, 0.05) is 11.6 Å². The molecule has 1 aromatic rings. The largest absolute Gasteiger partial charge is 0.462 e. The predicted octanol–water partition coefficient (Wildman–Crippen LogP) is 1.99. The summed E-state index contributed by atoms with van der Waals surface area (Å²) >= 11 is 0. The topological polar surface area (TPSA) is 43.4 Å². The van der Waals surface area contributed by atoms with Gasteiger partial charge in [0.1, 0.15) is 5.57 Å². The third-order valence-corrected chi connectivity index (χ3v) is 2.00. The van der Waals surface area contributed by atoms with Crippen LogP contribution in [0, 0.1) is 12.3 Å². The zero-order valence-corrected chi connectivity index (χ0v) is 9.47. The smallest absolute Gasteiger partial charge is 0.342 e. The van der Waals surface area contributed by atoms with E-state index in [9.17, 15) is 9.59 Å². The van der Waals surface area contributed by atoms with Gasteiger partial charge in [0.2, 0.25) is 5.78 Å². The molecule has 17 heavy (non-hydrogen) atoms. The van der Waals surface area contributed by atoms with Crippen molar-refractivity contribution >= 4 is 11.8 Å². The second kappa shape index (κ2) is 6.29. The molecule has 0 heterocycles. The van der Waals surface area contributed by atoms with Crippen LogP contribution in [0.25, 0.3) is 0 Å². The zero-order chi connectivity index (χ0) is 12.7. The minimum absolute atomic E-state index is 0.124. The Morgan fingerprint density at radius 1 is 1.35 bits per heavy atom. The number of esters is 1. The highest BCUT2D eigenvalue weighted by Crippen LogP contribution is 2.09. The quantitative estimate of drug-likeness (QED) is 0.198. The van der Waals surface area contributed by atoms with Crippen molar-refractivity contribution in [1.29, 1.82) is 0 Å². The van der Waals surface area contributed by atoms with Crippen LogP contribution in [0.3, 0.4) is 0 Å². The fourth-order valence-corrected chi connectivity index (χ4v) is 1.25. The molecule has 0 radical (unpaired) electrons. The van der Waals surface area contributed by atoms with Crippen molar-refractivity contribution in [2.24, 2.45) is 0 Å². The van der Waals surface area contributed by atoms with Crippen LogP contribution >= 0.6 is 0 Å². The van der Waals surface area contributed by atoms with E-state index < -0.39 is 11.8 Å². The summed E-state index contributed by atoms with van der Waals surface area (Å²) in [7, 11) is 0. The average Bonchev–Trinajstić information content (AvgIpc) is 2.36. The molecule has 86 valence electrons. The molecule has 0 aliphatic rings. The lowest BCUT2D eigenvalue weighted by molar-refractivity contribution is -0.138. The van der Waals surface area contributed by atoms with Gasteiger partial charge in [-0.25, -0.2) is 4.79 Å². The van der Waals surface area contributed by atoms with Crippen molar-refractivity contribution in [2.75, 3.05) is 6.61 Å². The Kier molecular flexibility index (Phi) is 4.71. The van der Waals surface area contributed by atoms with Crippen molar-refractivity contribution in [3.63, 3.8) is 0 Å². The lowest BCUT2D eigenvalue weighted by atomic mass is 10.0. The maximum Gasteiger partial charge on any atom is 0.342 e. The number of carbonyl (C=O) groups excluding carboxylic acids is 2. The highest BCUT2D eigenvalue weighted by molar-refractivity contribution is 6.24. The molecule has 1 rings (SSSR count). The van der Waals surface area contributed by atoms with E-state index in [0.29, 0.717) is 5.56 Å². The number of benzene rings is 1. The highest BCUT2D eigenvalue weighted by Gasteiger charge is 2.20. The molecule has 0 saturated heterocycles. The van der Waals surface area contributed by atoms with Crippen LogP contribution in [0.4, 0.5) is 0 Å². The molecule has 0 unspecified atom stereocenters. The van der Waals surface area contributed by atoms with Crippen molar-refractivity contribution in [2.45, 2.75) is 6.92 Å². The Labute approximate surface area is 100 Å². The van der Waals surface area contributed by atoms with Crippen molar-refractivity contribution < 1.29 is 14.3 Å². The number of Topliss-reactive ketones (excluding diaryl/α,β-unsaturated/α-hetero) is 1. The SMILES string of the molecule is C#C/C=C(/C(=O)OCC)C(=O)c1ccccc1. The van der Waals surface area contributed by atoms with E-state index in [1.807, 2.05) is 0 Å². The minimum atomic E-state index is -0.695. The summed E-state index contributed by atoms with van der Waals surface area (Å²) in [5.74, 6) is 1.05. The number of ether oxygens (including phenoxy) is 1. The Morgan fingerprint density at radius 3 is 2.53 bits per heavy atom. The molecule has 0 aliphatic carbocycles. The number of allylic oxidation sites excluding steroid dienone is 1. The van der Waals surface area contributed by atoms with Crippen molar-refractivity contribution in [1.82, 2.24) is 0 Å². The van der Waals surface area contributed by atoms with Gasteiger partial charge < -0.3 is 4.74 Å². The summed E-state index contributed by atoms with van der Waals surface area (Å²) in [5.41, 5.74) is 0.280. The summed E-state index contributed by atoms with van der Waals surface area (Å²) in [6.07, 6.45) is 6.23. The molecule has 1 aromatic carbocycles. The molecule has 0 fully saturated rings. The molecule has 0 amide bonds. The van der Waals surface area contributed by atoms with Gasteiger partial charge in [-0.3, -0.25) is 4.79 Å². The Bertz CT molecular complexity index is 478. The fourth-order valence-electron chi connectivity index (χ4n) is 1.25. The van der Waals surface area contributed by atoms with Crippen LogP contribution in [-0.4, -0.2) is 18.4 Å². The van der Waals surface area contributed by atoms with Gasteiger partial charge >= 0.3 is 5.97 Å². The Hall–Kier alpha value is -2.34. The Balaban J connectivity index is 3.02. The molecule has 0 spiro atoms. The van der Waals surface area contributed by atoms with Gasteiger partial charge in [-0.05, 0) is 6.92 Å². The van der Waals surface area contributed by atoms with Crippen molar-refractivity contribution in [3.05, 3.63) is 47.5 Å². The minimum Gasteiger partial charge on any atom is -0.462 e. The first-order valence-corrected chi connectivity index (χ1v) is 5.13. The van der Waals surface area contributed by atoms with Crippen LogP contribution in [0.1, 0.15) is 17.3 Å². The fraction of sp³-hybridized carbons (Fsp3) is 0.143. The standard InChI is InChI=1S/C14H12O3/c1-3-8-12(14(16)17-4-2)13(15)11-9-6-5-7-10-11/h1,5-10H,4H2,2H3/b12-8+. The van der Waals surface area contributed by atoms with E-state index in [1.165, 1.54) is 0 Å². The molecule has 0 saturated carbocycles. The third-order valence-electron chi connectivity index (χ3n) is 2.00. The summed E-state index contributed by atoms with van der Waals surface area (Å²) < 4.78 is 4.78. The molecular formula is C14H12O3. The average molecular weight is 228 g/mol. The van der Waals surface area contributed by atoms with Gasteiger partial charge in [-0.15, -0.1) is 6.42 Å². The molecule has 0 aliphatic heterocycles. The summed E-state index contributed by atoms with van der Waals surface area (Å²) in [5, 5.41) is 0. The predicted molar refractivity (Wildman–Crippen MR) is 64.3 cm³/mol. The Morgan fingerprint density at radius 2 is 2.00 bits per heavy atom. The first-order valence-electron chi connectivity index (χ1n) is 5.13. The number of hydrogen-bond donors (Lipinski definition) is 0. The van der Waals surface area contributed by atoms with Gasteiger partial charge in [0.05, 0.1) is 6.61 Å². The maximum atomic E-state index is 12.0. The van der Waals surface area contributed by atoms with Gasteiger partial charge in [-0.2, -0.15) is 0 Å². The van der Waals surface area contributed by atoms with Gasteiger partial charge in [0.15, 0.2) is 0 Å². The third kappa shape index (κ3) is 3.32. The summed E-state index contributed by atoms with van der Waals surface area (Å²) in [6, 6.07) is 8.45. The van der Waals surface area contributed by atoms with E-state index >= 15 is 0 Å². The lowest BCUT2D eigenvalue weighted by Gasteiger charge is -2.04. The van der Waals surface area contributed by atoms with E-state index in [2.05, 4.69) is 5.92 Å². The summed E-state index contributed by atoms with van der Waals surface area (Å²) in [4.78, 5) is 23.5. The van der Waals surface area contributed by atoms with Gasteiger partial charge in [-0.1, -0.05) is 36.3 Å². The molecule has 0 atom stereocenters. The van der Waals surface area contributed by atoms with Crippen LogP contribution in [0.5, 0.6) is 0 Å². The molecule has 0 N–H and O–H groups in total. The van der Waals surface area contributed by atoms with Crippen LogP contribution in [0.15, 0.2) is 42.0 Å². The first-order chi connectivity index (χ1) is 8.20. The van der Waals surface area contributed by atoms with Crippen LogP contribution in [0.2, 0.25) is 0 Å². The number of ketones is 1. The van der Waals surface area contributed by atoms with Crippen molar-refractivity contribution in [3.8, 4) is 12.3 Å². The van der Waals surface area contributed by atoms with Gasteiger partial charge in [0.25, 0.3) is 0 Å². The number of carbonyl (C=O) groups is 2. The number of terminal acetylenes is 1. The number of rotatable bonds is 4. The molecule has 3 heteroatoms. The molecule has 0 aromatic heterocycles. The molecule has 0 bridgehead atoms. The zero-order valence-electron chi connectivity index (χ0n) is 9.47. The normalized spacial score (nSPS) is 10.5. The maximum absolute atomic E-state index is 12.0. The van der Waals surface area contributed by atoms with E-state index in [0.717, 1.165) is 6.08 Å². The van der Waals surface area contributed by atoms with E-state index in [4.69, 9.17) is 11.2 Å². The summed E-state index contributed by atoms with van der Waals surface area (Å²) in [6.45, 7) is 1.86. The number of hydrogen-bond acceptors (Lipinski definition) is 3. The molecular weight excluding hydrogens is 216 g/mol. The van der Waals surface area contributed by atoms with Crippen LogP contribution < -0.4 is 0 Å². The lowest BCUT2D eigenvalue weighted by Crippen LogP contribution is -2.16. The molecule has 3 nitrogen and oxygen atoms in total. The second-order valence-corrected chi connectivity index (χ2v) is 3.14. The first kappa shape index (κ1) is 12.7. The van der Waals surface area contributed by atoms with Crippen LogP contribution in [-0.2, 0) is 9.53 Å². The van der Waals surface area contributed by atoms with E-state index in [-0.39, 0.29) is 12.2 Å². The van der Waals surface area contributed by atoms with E-state index in [1.54, 1.807) is 37.3 Å².